The molecule has 0 saturated heterocycles. The molecule has 0 fully saturated rings. The van der Waals surface area contributed by atoms with Gasteiger partial charge in [-0.2, -0.15) is 0 Å². The molecule has 0 amide bonds. The van der Waals surface area contributed by atoms with Crippen LogP contribution in [-0.2, 0) is 19.1 Å². The van der Waals surface area contributed by atoms with Gasteiger partial charge >= 0.3 is 11.9 Å². The van der Waals surface area contributed by atoms with Crippen molar-refractivity contribution in [2.24, 2.45) is 5.41 Å². The van der Waals surface area contributed by atoms with Gasteiger partial charge < -0.3 is 9.47 Å². The summed E-state index contributed by atoms with van der Waals surface area (Å²) >= 11 is 0. The highest BCUT2D eigenvalue weighted by Gasteiger charge is 2.43. The SMILES string of the molecule is CC(C)(C)OC(=O)C1=CC([N+](=O)[O-])=CC(C)(C(=O)OC(C)(C)C)C1. The number of allylic oxidation sites excluding steroid dienone is 1. The third kappa shape index (κ3) is 5.47. The normalized spacial score (nSPS) is 21.5. The Morgan fingerprint density at radius 1 is 1.12 bits per heavy atom. The second-order valence-electron chi connectivity index (χ2n) is 8.09. The molecule has 24 heavy (non-hydrogen) atoms. The van der Waals surface area contributed by atoms with E-state index in [4.69, 9.17) is 9.47 Å². The first-order chi connectivity index (χ1) is 10.6. The molecule has 1 aliphatic rings. The predicted octanol–water partition coefficient (Wildman–Crippen LogP) is 3.17. The standard InChI is InChI=1S/C17H25NO6/c1-15(2,3)23-13(19)11-8-12(18(21)22)10-17(7,9-11)14(20)24-16(4,5)6/h8,10H,9H2,1-7H3. The van der Waals surface area contributed by atoms with E-state index in [1.54, 1.807) is 41.5 Å². The highest BCUT2D eigenvalue weighted by Crippen LogP contribution is 2.37. The third-order valence-electron chi connectivity index (χ3n) is 3.08. The number of hydrogen-bond donors (Lipinski definition) is 0. The Bertz CT molecular complexity index is 618. The topological polar surface area (TPSA) is 95.7 Å². The summed E-state index contributed by atoms with van der Waals surface area (Å²) in [6.45, 7) is 11.7. The van der Waals surface area contributed by atoms with Gasteiger partial charge in [-0.3, -0.25) is 14.9 Å². The molecule has 1 atom stereocenters. The van der Waals surface area contributed by atoms with Crippen LogP contribution in [0.25, 0.3) is 0 Å². The van der Waals surface area contributed by atoms with E-state index < -0.39 is 33.5 Å². The predicted molar refractivity (Wildman–Crippen MR) is 87.6 cm³/mol. The van der Waals surface area contributed by atoms with Crippen LogP contribution in [0.1, 0.15) is 54.9 Å². The third-order valence-corrected chi connectivity index (χ3v) is 3.08. The van der Waals surface area contributed by atoms with E-state index in [1.807, 2.05) is 0 Å². The Morgan fingerprint density at radius 2 is 1.62 bits per heavy atom. The Kier molecular flexibility index (Phi) is 5.28. The minimum Gasteiger partial charge on any atom is -0.459 e. The monoisotopic (exact) mass is 339 g/mol. The fourth-order valence-electron chi connectivity index (χ4n) is 2.15. The van der Waals surface area contributed by atoms with Crippen molar-refractivity contribution >= 4 is 11.9 Å². The van der Waals surface area contributed by atoms with E-state index in [0.29, 0.717) is 0 Å². The molecule has 1 unspecified atom stereocenters. The van der Waals surface area contributed by atoms with Crippen molar-refractivity contribution < 1.29 is 24.0 Å². The zero-order valence-corrected chi connectivity index (χ0v) is 15.3. The molecule has 0 heterocycles. The maximum atomic E-state index is 12.5. The molecule has 0 aromatic carbocycles. The Labute approximate surface area is 141 Å². The maximum Gasteiger partial charge on any atom is 0.334 e. The lowest BCUT2D eigenvalue weighted by Gasteiger charge is -2.31. The molecule has 0 saturated carbocycles. The fourth-order valence-corrected chi connectivity index (χ4v) is 2.15. The van der Waals surface area contributed by atoms with Crippen LogP contribution in [0.15, 0.2) is 23.4 Å². The quantitative estimate of drug-likeness (QED) is 0.445. The van der Waals surface area contributed by atoms with Crippen LogP contribution in [0.4, 0.5) is 0 Å². The molecule has 1 aliphatic carbocycles. The highest BCUT2D eigenvalue weighted by molar-refractivity contribution is 5.92. The summed E-state index contributed by atoms with van der Waals surface area (Å²) < 4.78 is 10.6. The van der Waals surface area contributed by atoms with Gasteiger partial charge in [0.05, 0.1) is 10.3 Å². The number of ether oxygens (including phenoxy) is 2. The smallest absolute Gasteiger partial charge is 0.334 e. The molecular weight excluding hydrogens is 314 g/mol. The number of carbonyl (C=O) groups excluding carboxylic acids is 2. The summed E-state index contributed by atoms with van der Waals surface area (Å²) in [4.78, 5) is 35.3. The van der Waals surface area contributed by atoms with Gasteiger partial charge in [-0.05, 0) is 54.9 Å². The van der Waals surface area contributed by atoms with Gasteiger partial charge in [0.2, 0.25) is 0 Å². The van der Waals surface area contributed by atoms with Crippen LogP contribution < -0.4 is 0 Å². The first kappa shape index (κ1) is 19.9. The first-order valence-corrected chi connectivity index (χ1v) is 7.68. The van der Waals surface area contributed by atoms with Gasteiger partial charge in [-0.1, -0.05) is 0 Å². The van der Waals surface area contributed by atoms with Gasteiger partial charge in [-0.15, -0.1) is 0 Å². The average Bonchev–Trinajstić information content (AvgIpc) is 2.33. The van der Waals surface area contributed by atoms with Crippen LogP contribution in [0.5, 0.6) is 0 Å². The number of nitrogens with zero attached hydrogens (tertiary/aromatic N) is 1. The summed E-state index contributed by atoms with van der Waals surface area (Å²) in [5.74, 6) is -1.30. The van der Waals surface area contributed by atoms with Crippen molar-refractivity contribution in [2.45, 2.75) is 66.1 Å². The van der Waals surface area contributed by atoms with E-state index in [9.17, 15) is 19.7 Å². The number of nitro groups is 1. The molecule has 0 aliphatic heterocycles. The number of carbonyl (C=O) groups is 2. The van der Waals surface area contributed by atoms with Crippen molar-refractivity contribution in [3.8, 4) is 0 Å². The maximum absolute atomic E-state index is 12.5. The molecule has 0 bridgehead atoms. The largest absolute Gasteiger partial charge is 0.459 e. The molecular formula is C17H25NO6. The average molecular weight is 339 g/mol. The molecule has 0 N–H and O–H groups in total. The van der Waals surface area contributed by atoms with E-state index in [-0.39, 0.29) is 17.7 Å². The summed E-state index contributed by atoms with van der Waals surface area (Å²) in [5, 5.41) is 11.2. The van der Waals surface area contributed by atoms with Crippen molar-refractivity contribution in [1.82, 2.24) is 0 Å². The van der Waals surface area contributed by atoms with Crippen molar-refractivity contribution in [1.29, 1.82) is 0 Å². The Balaban J connectivity index is 3.19. The molecule has 0 aromatic rings. The lowest BCUT2D eigenvalue weighted by molar-refractivity contribution is -0.420. The fraction of sp³-hybridized carbons (Fsp3) is 0.647. The van der Waals surface area contributed by atoms with E-state index in [1.165, 1.54) is 13.0 Å². The minimum atomic E-state index is -1.31. The van der Waals surface area contributed by atoms with Gasteiger partial charge in [0.15, 0.2) is 0 Å². The molecule has 1 rings (SSSR count). The lowest BCUT2D eigenvalue weighted by Crippen LogP contribution is -2.38. The zero-order valence-electron chi connectivity index (χ0n) is 15.3. The molecule has 0 aromatic heterocycles. The lowest BCUT2D eigenvalue weighted by atomic mass is 9.79. The van der Waals surface area contributed by atoms with Crippen LogP contribution in [0.3, 0.4) is 0 Å². The first-order valence-electron chi connectivity index (χ1n) is 7.68. The molecule has 7 heteroatoms. The molecule has 0 spiro atoms. The number of esters is 2. The van der Waals surface area contributed by atoms with Crippen LogP contribution >= 0.6 is 0 Å². The van der Waals surface area contributed by atoms with Crippen LogP contribution in [0, 0.1) is 15.5 Å². The second-order valence-corrected chi connectivity index (χ2v) is 8.09. The van der Waals surface area contributed by atoms with Gasteiger partial charge in [0.25, 0.3) is 5.70 Å². The molecule has 7 nitrogen and oxygen atoms in total. The number of rotatable bonds is 3. The van der Waals surface area contributed by atoms with Gasteiger partial charge in [0, 0.05) is 17.7 Å². The summed E-state index contributed by atoms with van der Waals surface area (Å²) in [6.07, 6.45) is 2.36. The van der Waals surface area contributed by atoms with Crippen molar-refractivity contribution in [3.63, 3.8) is 0 Å². The molecule has 0 radical (unpaired) electrons. The minimum absolute atomic E-state index is 0.0197. The van der Waals surface area contributed by atoms with E-state index in [0.717, 1.165) is 6.08 Å². The molecule has 134 valence electrons. The Hall–Kier alpha value is -2.18. The zero-order chi connectivity index (χ0) is 18.9. The summed E-state index contributed by atoms with van der Waals surface area (Å²) in [7, 11) is 0. The number of hydrogen-bond acceptors (Lipinski definition) is 6. The van der Waals surface area contributed by atoms with Gasteiger partial charge in [0.1, 0.15) is 11.2 Å². The van der Waals surface area contributed by atoms with Crippen molar-refractivity contribution in [3.05, 3.63) is 33.5 Å². The Morgan fingerprint density at radius 3 is 2.04 bits per heavy atom. The second kappa shape index (κ2) is 6.37. The van der Waals surface area contributed by atoms with Crippen molar-refractivity contribution in [2.75, 3.05) is 0 Å². The summed E-state index contributed by atoms with van der Waals surface area (Å²) in [6, 6.07) is 0. The van der Waals surface area contributed by atoms with Crippen LogP contribution in [-0.4, -0.2) is 28.1 Å². The van der Waals surface area contributed by atoms with Gasteiger partial charge in [-0.25, -0.2) is 4.79 Å². The van der Waals surface area contributed by atoms with E-state index >= 15 is 0 Å². The summed E-state index contributed by atoms with van der Waals surface area (Å²) in [5.41, 5.74) is -3.04. The highest BCUT2D eigenvalue weighted by atomic mass is 16.6. The van der Waals surface area contributed by atoms with Crippen LogP contribution in [0.2, 0.25) is 0 Å². The van der Waals surface area contributed by atoms with E-state index in [2.05, 4.69) is 0 Å².